The fourth-order valence-corrected chi connectivity index (χ4v) is 4.71. The number of carbonyl (C=O) groups excluding carboxylic acids is 2. The van der Waals surface area contributed by atoms with Crippen LogP contribution in [0.2, 0.25) is 0 Å². The molecule has 156 valence electrons. The molecule has 1 aromatic carbocycles. The van der Waals surface area contributed by atoms with Gasteiger partial charge in [0.15, 0.2) is 5.13 Å². The first-order valence-electron chi connectivity index (χ1n) is 10.2. The smallest absolute Gasteiger partial charge is 0.230 e. The van der Waals surface area contributed by atoms with Crippen molar-refractivity contribution in [3.63, 3.8) is 0 Å². The van der Waals surface area contributed by atoms with Gasteiger partial charge in [0.1, 0.15) is 0 Å². The number of thiazole rings is 1. The maximum Gasteiger partial charge on any atom is 0.230 e. The van der Waals surface area contributed by atoms with Gasteiger partial charge in [-0.15, -0.1) is 11.3 Å². The summed E-state index contributed by atoms with van der Waals surface area (Å²) in [5.41, 5.74) is 3.01. The van der Waals surface area contributed by atoms with E-state index in [-0.39, 0.29) is 17.7 Å². The molecule has 0 saturated carbocycles. The lowest BCUT2D eigenvalue weighted by molar-refractivity contribution is -0.134. The van der Waals surface area contributed by atoms with Crippen LogP contribution in [-0.2, 0) is 22.6 Å². The molecular weight excluding hydrogens is 384 g/mol. The second kappa shape index (κ2) is 9.50. The zero-order valence-electron chi connectivity index (χ0n) is 17.7. The van der Waals surface area contributed by atoms with Gasteiger partial charge in [-0.25, -0.2) is 4.98 Å². The fourth-order valence-electron chi connectivity index (χ4n) is 3.84. The van der Waals surface area contributed by atoms with Crippen molar-refractivity contribution in [1.29, 1.82) is 0 Å². The molecule has 0 aliphatic carbocycles. The standard InChI is InChI=1S/C22H30N4O2S/c1-5-17-8-6-7-9-20(17)26(16(2)27)22-23-19(15-29-22)14-25-12-10-18(11-13-25)21(28)24(3)4/h6-9,15,18H,5,10-14H2,1-4H3. The summed E-state index contributed by atoms with van der Waals surface area (Å²) < 4.78 is 0. The molecule has 2 heterocycles. The number of hydrogen-bond donors (Lipinski definition) is 0. The molecule has 1 aliphatic heterocycles. The van der Waals surface area contributed by atoms with Gasteiger partial charge in [-0.1, -0.05) is 25.1 Å². The molecule has 1 aliphatic rings. The molecule has 6 nitrogen and oxygen atoms in total. The highest BCUT2D eigenvalue weighted by Crippen LogP contribution is 2.32. The van der Waals surface area contributed by atoms with E-state index in [0.29, 0.717) is 5.13 Å². The first-order chi connectivity index (χ1) is 13.9. The number of carbonyl (C=O) groups is 2. The van der Waals surface area contributed by atoms with Crippen LogP contribution in [0.3, 0.4) is 0 Å². The van der Waals surface area contributed by atoms with Crippen molar-refractivity contribution in [3.8, 4) is 0 Å². The zero-order chi connectivity index (χ0) is 21.0. The quantitative estimate of drug-likeness (QED) is 0.723. The summed E-state index contributed by atoms with van der Waals surface area (Å²) in [4.78, 5) is 35.1. The second-order valence-corrected chi connectivity index (χ2v) is 8.58. The lowest BCUT2D eigenvalue weighted by Gasteiger charge is -2.31. The average Bonchev–Trinajstić information content (AvgIpc) is 3.16. The van der Waals surface area contributed by atoms with Crippen molar-refractivity contribution in [2.75, 3.05) is 32.1 Å². The van der Waals surface area contributed by atoms with Gasteiger partial charge in [0, 0.05) is 38.9 Å². The summed E-state index contributed by atoms with van der Waals surface area (Å²) in [7, 11) is 3.64. The van der Waals surface area contributed by atoms with Crippen LogP contribution >= 0.6 is 11.3 Å². The lowest BCUT2D eigenvalue weighted by Crippen LogP contribution is -2.39. The van der Waals surface area contributed by atoms with Crippen LogP contribution in [0.25, 0.3) is 0 Å². The lowest BCUT2D eigenvalue weighted by atomic mass is 9.95. The number of nitrogens with zero attached hydrogens (tertiary/aromatic N) is 4. The molecule has 0 bridgehead atoms. The van der Waals surface area contributed by atoms with Crippen LogP contribution in [0.1, 0.15) is 37.9 Å². The summed E-state index contributed by atoms with van der Waals surface area (Å²) in [5.74, 6) is 0.327. The Morgan fingerprint density at radius 2 is 1.90 bits per heavy atom. The van der Waals surface area contributed by atoms with Crippen molar-refractivity contribution in [2.45, 2.75) is 39.7 Å². The molecule has 0 radical (unpaired) electrons. The number of aryl methyl sites for hydroxylation is 1. The highest BCUT2D eigenvalue weighted by molar-refractivity contribution is 7.14. The van der Waals surface area contributed by atoms with E-state index in [4.69, 9.17) is 4.98 Å². The molecule has 1 saturated heterocycles. The number of rotatable bonds is 6. The van der Waals surface area contributed by atoms with Gasteiger partial charge in [-0.2, -0.15) is 0 Å². The first-order valence-corrected chi connectivity index (χ1v) is 11.0. The van der Waals surface area contributed by atoms with Gasteiger partial charge in [0.2, 0.25) is 11.8 Å². The number of hydrogen-bond acceptors (Lipinski definition) is 5. The van der Waals surface area contributed by atoms with E-state index in [2.05, 4.69) is 17.9 Å². The van der Waals surface area contributed by atoms with Gasteiger partial charge in [-0.05, 0) is 44.0 Å². The summed E-state index contributed by atoms with van der Waals surface area (Å²) in [6, 6.07) is 7.99. The zero-order valence-corrected chi connectivity index (χ0v) is 18.5. The van der Waals surface area contributed by atoms with E-state index in [1.807, 2.05) is 37.7 Å². The minimum absolute atomic E-state index is 0.0326. The molecule has 29 heavy (non-hydrogen) atoms. The monoisotopic (exact) mass is 414 g/mol. The number of para-hydroxylation sites is 1. The molecule has 2 amide bonds. The summed E-state index contributed by atoms with van der Waals surface area (Å²) in [6.45, 7) is 6.22. The van der Waals surface area contributed by atoms with Crippen molar-refractivity contribution in [3.05, 3.63) is 40.9 Å². The Kier molecular flexibility index (Phi) is 7.03. The molecule has 0 unspecified atom stereocenters. The van der Waals surface area contributed by atoms with E-state index in [1.165, 1.54) is 11.3 Å². The van der Waals surface area contributed by atoms with E-state index in [0.717, 1.165) is 55.8 Å². The normalized spacial score (nSPS) is 15.3. The molecular formula is C22H30N4O2S. The third-order valence-corrected chi connectivity index (χ3v) is 6.30. The Hall–Kier alpha value is -2.25. The number of amides is 2. The van der Waals surface area contributed by atoms with Crippen LogP contribution in [0.5, 0.6) is 0 Å². The average molecular weight is 415 g/mol. The van der Waals surface area contributed by atoms with Gasteiger partial charge in [0.05, 0.1) is 11.4 Å². The molecule has 0 atom stereocenters. The maximum absolute atomic E-state index is 12.4. The molecule has 2 aromatic rings. The van der Waals surface area contributed by atoms with E-state index < -0.39 is 0 Å². The Labute approximate surface area is 177 Å². The van der Waals surface area contributed by atoms with Crippen molar-refractivity contribution >= 4 is 34.0 Å². The van der Waals surface area contributed by atoms with Gasteiger partial charge in [-0.3, -0.25) is 19.4 Å². The van der Waals surface area contributed by atoms with E-state index in [1.54, 1.807) is 16.7 Å². The fraction of sp³-hybridized carbons (Fsp3) is 0.500. The molecule has 1 aromatic heterocycles. The largest absolute Gasteiger partial charge is 0.349 e. The van der Waals surface area contributed by atoms with Crippen LogP contribution in [0.4, 0.5) is 10.8 Å². The highest BCUT2D eigenvalue weighted by atomic mass is 32.1. The number of likely N-dealkylation sites (tertiary alicyclic amines) is 1. The first kappa shape index (κ1) is 21.5. The predicted molar refractivity (Wildman–Crippen MR) is 117 cm³/mol. The Morgan fingerprint density at radius 3 is 2.52 bits per heavy atom. The topological polar surface area (TPSA) is 56.8 Å². The second-order valence-electron chi connectivity index (χ2n) is 7.74. The molecule has 0 spiro atoms. The van der Waals surface area contributed by atoms with Crippen molar-refractivity contribution < 1.29 is 9.59 Å². The Balaban J connectivity index is 1.68. The third kappa shape index (κ3) is 5.03. The van der Waals surface area contributed by atoms with Crippen molar-refractivity contribution in [2.24, 2.45) is 5.92 Å². The van der Waals surface area contributed by atoms with Crippen molar-refractivity contribution in [1.82, 2.24) is 14.8 Å². The number of benzene rings is 1. The van der Waals surface area contributed by atoms with Crippen LogP contribution in [0.15, 0.2) is 29.6 Å². The predicted octanol–water partition coefficient (Wildman–Crippen LogP) is 3.69. The molecule has 7 heteroatoms. The summed E-state index contributed by atoms with van der Waals surface area (Å²) in [6.07, 6.45) is 2.63. The maximum atomic E-state index is 12.4. The number of anilines is 2. The minimum atomic E-state index is -0.0326. The molecule has 3 rings (SSSR count). The summed E-state index contributed by atoms with van der Waals surface area (Å²) in [5, 5.41) is 2.75. The van der Waals surface area contributed by atoms with Crippen LogP contribution < -0.4 is 4.90 Å². The van der Waals surface area contributed by atoms with E-state index >= 15 is 0 Å². The van der Waals surface area contributed by atoms with Crippen LogP contribution in [0, 0.1) is 5.92 Å². The molecule has 0 N–H and O–H groups in total. The highest BCUT2D eigenvalue weighted by Gasteiger charge is 2.27. The van der Waals surface area contributed by atoms with Crippen LogP contribution in [-0.4, -0.2) is 53.8 Å². The Bertz CT molecular complexity index is 856. The number of aromatic nitrogens is 1. The van der Waals surface area contributed by atoms with Gasteiger partial charge < -0.3 is 4.90 Å². The molecule has 1 fully saturated rings. The SMILES string of the molecule is CCc1ccccc1N(C(C)=O)c1nc(CN2CCC(C(=O)N(C)C)CC2)cs1. The third-order valence-electron chi connectivity index (χ3n) is 5.42. The summed E-state index contributed by atoms with van der Waals surface area (Å²) >= 11 is 1.50. The van der Waals surface area contributed by atoms with Gasteiger partial charge in [0.25, 0.3) is 0 Å². The van der Waals surface area contributed by atoms with E-state index in [9.17, 15) is 9.59 Å². The number of piperidine rings is 1. The minimum Gasteiger partial charge on any atom is -0.349 e. The Morgan fingerprint density at radius 1 is 1.21 bits per heavy atom. The van der Waals surface area contributed by atoms with Gasteiger partial charge >= 0.3 is 0 Å².